The fourth-order valence-corrected chi connectivity index (χ4v) is 3.79. The molecule has 4 heteroatoms. The van der Waals surface area contributed by atoms with E-state index in [2.05, 4.69) is 29.2 Å². The van der Waals surface area contributed by atoms with Crippen molar-refractivity contribution in [3.05, 3.63) is 66.2 Å². The summed E-state index contributed by atoms with van der Waals surface area (Å²) in [7, 11) is 0. The van der Waals surface area contributed by atoms with Gasteiger partial charge < -0.3 is 9.64 Å². The number of rotatable bonds is 5. The predicted octanol–water partition coefficient (Wildman–Crippen LogP) is 3.50. The number of hydrogen-bond donors (Lipinski definition) is 0. The van der Waals surface area contributed by atoms with Crippen molar-refractivity contribution in [2.24, 2.45) is 0 Å². The summed E-state index contributed by atoms with van der Waals surface area (Å²) in [6.45, 7) is 4.48. The molecule has 2 aromatic carbocycles. The first kappa shape index (κ1) is 17.1. The first-order valence-corrected chi connectivity index (χ1v) is 9.53. The SMILES string of the molecule is CC(Oc1ccccc1)C(=O)N1CCN(C2CC2)CC1c1ccccc1. The topological polar surface area (TPSA) is 32.8 Å². The van der Waals surface area contributed by atoms with Crippen LogP contribution in [-0.4, -0.2) is 47.5 Å². The molecule has 136 valence electrons. The Labute approximate surface area is 155 Å². The van der Waals surface area contributed by atoms with Gasteiger partial charge in [-0.15, -0.1) is 0 Å². The average molecular weight is 350 g/mol. The van der Waals surface area contributed by atoms with Crippen LogP contribution >= 0.6 is 0 Å². The fraction of sp³-hybridized carbons (Fsp3) is 0.409. The van der Waals surface area contributed by atoms with Crippen LogP contribution in [0.1, 0.15) is 31.4 Å². The van der Waals surface area contributed by atoms with Crippen LogP contribution in [0.2, 0.25) is 0 Å². The lowest BCUT2D eigenvalue weighted by Gasteiger charge is -2.42. The molecule has 1 amide bonds. The van der Waals surface area contributed by atoms with Crippen LogP contribution in [-0.2, 0) is 4.79 Å². The number of carbonyl (C=O) groups is 1. The number of amides is 1. The minimum Gasteiger partial charge on any atom is -0.481 e. The molecule has 1 heterocycles. The van der Waals surface area contributed by atoms with E-state index in [0.717, 1.165) is 31.4 Å². The first-order valence-electron chi connectivity index (χ1n) is 9.53. The van der Waals surface area contributed by atoms with Gasteiger partial charge in [-0.2, -0.15) is 0 Å². The molecule has 2 atom stereocenters. The van der Waals surface area contributed by atoms with Gasteiger partial charge in [-0.1, -0.05) is 48.5 Å². The smallest absolute Gasteiger partial charge is 0.263 e. The Morgan fingerprint density at radius 1 is 1.00 bits per heavy atom. The maximum atomic E-state index is 13.2. The normalized spacial score (nSPS) is 22.0. The molecule has 0 bridgehead atoms. The number of hydrogen-bond acceptors (Lipinski definition) is 3. The van der Waals surface area contributed by atoms with E-state index in [-0.39, 0.29) is 11.9 Å². The third-order valence-electron chi connectivity index (χ3n) is 5.35. The van der Waals surface area contributed by atoms with Crippen molar-refractivity contribution in [2.75, 3.05) is 19.6 Å². The average Bonchev–Trinajstić information content (AvgIpc) is 3.54. The van der Waals surface area contributed by atoms with E-state index in [0.29, 0.717) is 0 Å². The van der Waals surface area contributed by atoms with E-state index in [1.807, 2.05) is 48.2 Å². The van der Waals surface area contributed by atoms with Crippen LogP contribution in [0, 0.1) is 0 Å². The first-order chi connectivity index (χ1) is 12.7. The van der Waals surface area contributed by atoms with Crippen molar-refractivity contribution < 1.29 is 9.53 Å². The maximum Gasteiger partial charge on any atom is 0.263 e. The van der Waals surface area contributed by atoms with Gasteiger partial charge in [0.25, 0.3) is 5.91 Å². The van der Waals surface area contributed by atoms with E-state index in [1.165, 1.54) is 18.4 Å². The second-order valence-electron chi connectivity index (χ2n) is 7.26. The minimum atomic E-state index is -0.490. The Kier molecular flexibility index (Phi) is 4.93. The zero-order valence-electron chi connectivity index (χ0n) is 15.3. The quantitative estimate of drug-likeness (QED) is 0.827. The van der Waals surface area contributed by atoms with Crippen molar-refractivity contribution in [2.45, 2.75) is 38.0 Å². The highest BCUT2D eigenvalue weighted by Crippen LogP contribution is 2.34. The van der Waals surface area contributed by atoms with E-state index >= 15 is 0 Å². The molecule has 1 saturated heterocycles. The summed E-state index contributed by atoms with van der Waals surface area (Å²) in [5.41, 5.74) is 1.21. The minimum absolute atomic E-state index is 0.0677. The van der Waals surface area contributed by atoms with Crippen molar-refractivity contribution in [3.8, 4) is 5.75 Å². The molecule has 2 aliphatic rings. The molecule has 1 saturated carbocycles. The second kappa shape index (κ2) is 7.50. The lowest BCUT2D eigenvalue weighted by atomic mass is 10.0. The molecule has 26 heavy (non-hydrogen) atoms. The summed E-state index contributed by atoms with van der Waals surface area (Å²) in [5, 5.41) is 0. The molecule has 4 nitrogen and oxygen atoms in total. The summed E-state index contributed by atoms with van der Waals surface area (Å²) in [6, 6.07) is 20.8. The molecule has 4 rings (SSSR count). The number of para-hydroxylation sites is 1. The van der Waals surface area contributed by atoms with Crippen LogP contribution < -0.4 is 4.74 Å². The molecule has 0 N–H and O–H groups in total. The van der Waals surface area contributed by atoms with Crippen LogP contribution in [0.15, 0.2) is 60.7 Å². The largest absolute Gasteiger partial charge is 0.481 e. The van der Waals surface area contributed by atoms with Gasteiger partial charge in [0.15, 0.2) is 6.10 Å². The van der Waals surface area contributed by atoms with E-state index in [4.69, 9.17) is 4.74 Å². The molecular formula is C22H26N2O2. The number of nitrogens with zero attached hydrogens (tertiary/aromatic N) is 2. The summed E-state index contributed by atoms with van der Waals surface area (Å²) in [6.07, 6.45) is 2.10. The summed E-state index contributed by atoms with van der Waals surface area (Å²) in [4.78, 5) is 17.7. The number of ether oxygens (including phenoxy) is 1. The van der Waals surface area contributed by atoms with Crippen molar-refractivity contribution in [1.82, 2.24) is 9.80 Å². The fourth-order valence-electron chi connectivity index (χ4n) is 3.79. The highest BCUT2D eigenvalue weighted by atomic mass is 16.5. The van der Waals surface area contributed by atoms with Gasteiger partial charge in [-0.25, -0.2) is 0 Å². The highest BCUT2D eigenvalue weighted by molar-refractivity contribution is 5.81. The van der Waals surface area contributed by atoms with E-state index in [9.17, 15) is 4.79 Å². The zero-order chi connectivity index (χ0) is 17.9. The van der Waals surface area contributed by atoms with E-state index < -0.39 is 6.10 Å². The van der Waals surface area contributed by atoms with Gasteiger partial charge in [0, 0.05) is 25.7 Å². The Morgan fingerprint density at radius 2 is 1.65 bits per heavy atom. The molecule has 0 radical (unpaired) electrons. The van der Waals surface area contributed by atoms with Gasteiger partial charge in [-0.05, 0) is 37.5 Å². The molecule has 2 unspecified atom stereocenters. The highest BCUT2D eigenvalue weighted by Gasteiger charge is 2.39. The van der Waals surface area contributed by atoms with Gasteiger partial charge in [0.1, 0.15) is 5.75 Å². The maximum absolute atomic E-state index is 13.2. The Hall–Kier alpha value is -2.33. The number of piperazine rings is 1. The molecular weight excluding hydrogens is 324 g/mol. The van der Waals surface area contributed by atoms with Crippen molar-refractivity contribution >= 4 is 5.91 Å². The summed E-state index contributed by atoms with van der Waals surface area (Å²) >= 11 is 0. The van der Waals surface area contributed by atoms with Crippen LogP contribution in [0.3, 0.4) is 0 Å². The Morgan fingerprint density at radius 3 is 2.31 bits per heavy atom. The molecule has 1 aliphatic heterocycles. The van der Waals surface area contributed by atoms with Gasteiger partial charge >= 0.3 is 0 Å². The summed E-state index contributed by atoms with van der Waals surface area (Å²) in [5.74, 6) is 0.805. The van der Waals surface area contributed by atoms with Gasteiger partial charge in [0.05, 0.1) is 6.04 Å². The molecule has 2 aromatic rings. The lowest BCUT2D eigenvalue weighted by Crippen LogP contribution is -2.54. The van der Waals surface area contributed by atoms with Gasteiger partial charge in [0.2, 0.25) is 0 Å². The number of benzene rings is 2. The second-order valence-corrected chi connectivity index (χ2v) is 7.26. The monoisotopic (exact) mass is 350 g/mol. The zero-order valence-corrected chi connectivity index (χ0v) is 15.3. The Bertz CT molecular complexity index is 730. The van der Waals surface area contributed by atoms with Gasteiger partial charge in [-0.3, -0.25) is 9.69 Å². The Balaban J connectivity index is 1.51. The third kappa shape index (κ3) is 3.75. The molecule has 2 fully saturated rings. The predicted molar refractivity (Wildman–Crippen MR) is 102 cm³/mol. The van der Waals surface area contributed by atoms with Crippen molar-refractivity contribution in [3.63, 3.8) is 0 Å². The van der Waals surface area contributed by atoms with Crippen LogP contribution in [0.25, 0.3) is 0 Å². The van der Waals surface area contributed by atoms with Crippen LogP contribution in [0.5, 0.6) is 5.75 Å². The van der Waals surface area contributed by atoms with E-state index in [1.54, 1.807) is 0 Å². The number of carbonyl (C=O) groups excluding carboxylic acids is 1. The third-order valence-corrected chi connectivity index (χ3v) is 5.35. The summed E-state index contributed by atoms with van der Waals surface area (Å²) < 4.78 is 5.90. The molecule has 0 aromatic heterocycles. The lowest BCUT2D eigenvalue weighted by molar-refractivity contribution is -0.143. The standard InChI is InChI=1S/C22H26N2O2/c1-17(26-20-10-6-3-7-11-20)22(25)24-15-14-23(19-12-13-19)16-21(24)18-8-4-2-5-9-18/h2-11,17,19,21H,12-16H2,1H3. The molecule has 1 aliphatic carbocycles. The molecule has 0 spiro atoms. The van der Waals surface area contributed by atoms with Crippen molar-refractivity contribution in [1.29, 1.82) is 0 Å². The van der Waals surface area contributed by atoms with Crippen LogP contribution in [0.4, 0.5) is 0 Å².